The summed E-state index contributed by atoms with van der Waals surface area (Å²) in [7, 11) is 0. The number of carboxylic acids is 1. The van der Waals surface area contributed by atoms with E-state index in [2.05, 4.69) is 0 Å². The molecule has 1 aliphatic heterocycles. The Morgan fingerprint density at radius 2 is 1.65 bits per heavy atom. The minimum Gasteiger partial charge on any atom is -0.545 e. The number of hydrogen-bond acceptors (Lipinski definition) is 4. The van der Waals surface area contributed by atoms with Crippen molar-refractivity contribution in [3.63, 3.8) is 0 Å². The number of carbonyl (C=O) groups excluding carboxylic acids is 3. The molecule has 23 heavy (non-hydrogen) atoms. The fourth-order valence-electron chi connectivity index (χ4n) is 4.14. The van der Waals surface area contributed by atoms with Crippen molar-refractivity contribution in [1.29, 1.82) is 0 Å². The normalized spacial score (nSPS) is 31.6. The summed E-state index contributed by atoms with van der Waals surface area (Å²) in [5.41, 5.74) is 0.0261. The maximum absolute atomic E-state index is 12.8. The molecule has 6 heteroatoms. The minimum absolute atomic E-state index is 0.0204. The van der Waals surface area contributed by atoms with Crippen LogP contribution in [0.2, 0.25) is 5.02 Å². The second kappa shape index (κ2) is 4.93. The van der Waals surface area contributed by atoms with Crippen LogP contribution < -0.4 is 10.0 Å². The number of carbonyl (C=O) groups is 3. The number of rotatable bonds is 2. The number of fused-ring (bicyclic) bond motifs is 1. The summed E-state index contributed by atoms with van der Waals surface area (Å²) in [4.78, 5) is 37.8. The fraction of sp³-hybridized carbons (Fsp3) is 0.353. The number of carboxylic acid groups (broad SMARTS) is 1. The molecule has 0 spiro atoms. The van der Waals surface area contributed by atoms with Crippen LogP contribution in [-0.2, 0) is 9.59 Å². The first-order valence-electron chi connectivity index (χ1n) is 7.56. The summed E-state index contributed by atoms with van der Waals surface area (Å²) >= 11 is 5.83. The molecule has 0 unspecified atom stereocenters. The first-order chi connectivity index (χ1) is 11.0. The summed E-state index contributed by atoms with van der Waals surface area (Å²) in [6.07, 6.45) is 5.91. The summed E-state index contributed by atoms with van der Waals surface area (Å²) in [5, 5.41) is 11.1. The van der Waals surface area contributed by atoms with E-state index in [4.69, 9.17) is 11.6 Å². The highest BCUT2D eigenvalue weighted by Crippen LogP contribution is 2.50. The Bertz CT molecular complexity index is 740. The highest BCUT2D eigenvalue weighted by molar-refractivity contribution is 6.33. The molecule has 4 aliphatic rings. The van der Waals surface area contributed by atoms with Gasteiger partial charge in [-0.15, -0.1) is 0 Å². The second-order valence-corrected chi connectivity index (χ2v) is 6.71. The van der Waals surface area contributed by atoms with E-state index < -0.39 is 5.97 Å². The topological polar surface area (TPSA) is 77.5 Å². The van der Waals surface area contributed by atoms with Gasteiger partial charge in [0.05, 0.1) is 23.5 Å². The average molecular weight is 331 g/mol. The number of allylic oxidation sites excluding steroid dienone is 2. The van der Waals surface area contributed by atoms with Crippen molar-refractivity contribution in [3.05, 3.63) is 40.9 Å². The molecular formula is C17H13ClNO4-. The van der Waals surface area contributed by atoms with Crippen LogP contribution in [0, 0.1) is 23.7 Å². The van der Waals surface area contributed by atoms with Gasteiger partial charge in [0.1, 0.15) is 0 Å². The molecule has 5 nitrogen and oxygen atoms in total. The molecule has 1 aromatic carbocycles. The lowest BCUT2D eigenvalue weighted by molar-refractivity contribution is -0.255. The maximum Gasteiger partial charge on any atom is 0.238 e. The molecule has 1 aromatic rings. The average Bonchev–Trinajstić information content (AvgIpc) is 2.83. The Kier molecular flexibility index (Phi) is 3.10. The van der Waals surface area contributed by atoms with Crippen LogP contribution in [0.5, 0.6) is 0 Å². The van der Waals surface area contributed by atoms with Crippen molar-refractivity contribution in [1.82, 2.24) is 0 Å². The Morgan fingerprint density at radius 3 is 2.13 bits per heavy atom. The molecule has 118 valence electrons. The Labute approximate surface area is 137 Å². The molecule has 4 atom stereocenters. The first-order valence-corrected chi connectivity index (χ1v) is 7.94. The molecule has 0 radical (unpaired) electrons. The van der Waals surface area contributed by atoms with Gasteiger partial charge in [0.15, 0.2) is 0 Å². The third-order valence-corrected chi connectivity index (χ3v) is 5.52. The number of anilines is 1. The number of halogens is 1. The Hall–Kier alpha value is -2.14. The van der Waals surface area contributed by atoms with Crippen molar-refractivity contribution >= 4 is 35.1 Å². The standard InChI is InChI=1S/C17H14ClNO4/c18-12-6-5-10(7-11(12)17(22)23)19-15(20)13-8-1-2-9(4-3-8)14(13)16(19)21/h1-2,5-9,13-14H,3-4H2,(H,22,23)/p-1/t8-,9+,13-,14-/m1/s1. The molecule has 2 bridgehead atoms. The van der Waals surface area contributed by atoms with Crippen LogP contribution in [-0.4, -0.2) is 17.8 Å². The number of nitrogens with zero attached hydrogens (tertiary/aromatic N) is 1. The van der Waals surface area contributed by atoms with E-state index in [0.29, 0.717) is 0 Å². The molecule has 0 N–H and O–H groups in total. The van der Waals surface area contributed by atoms with Crippen LogP contribution in [0.15, 0.2) is 30.4 Å². The predicted molar refractivity (Wildman–Crippen MR) is 80.6 cm³/mol. The van der Waals surface area contributed by atoms with E-state index in [1.54, 1.807) is 0 Å². The molecule has 1 saturated carbocycles. The second-order valence-electron chi connectivity index (χ2n) is 6.31. The van der Waals surface area contributed by atoms with E-state index in [1.165, 1.54) is 18.2 Å². The van der Waals surface area contributed by atoms with Crippen molar-refractivity contribution in [2.24, 2.45) is 23.7 Å². The number of aromatic carboxylic acids is 1. The van der Waals surface area contributed by atoms with E-state index in [1.807, 2.05) is 12.2 Å². The molecule has 2 amide bonds. The van der Waals surface area contributed by atoms with Crippen LogP contribution >= 0.6 is 11.6 Å². The van der Waals surface area contributed by atoms with E-state index in [9.17, 15) is 19.5 Å². The summed E-state index contributed by atoms with van der Waals surface area (Å²) in [6.45, 7) is 0. The number of amides is 2. The number of benzene rings is 1. The van der Waals surface area contributed by atoms with Gasteiger partial charge in [-0.1, -0.05) is 23.8 Å². The lowest BCUT2D eigenvalue weighted by Crippen LogP contribution is -2.38. The zero-order valence-electron chi connectivity index (χ0n) is 12.1. The maximum atomic E-state index is 12.8. The van der Waals surface area contributed by atoms with Gasteiger partial charge in [-0.05, 0) is 42.9 Å². The van der Waals surface area contributed by atoms with Gasteiger partial charge >= 0.3 is 0 Å². The predicted octanol–water partition coefficient (Wildman–Crippen LogP) is 1.41. The molecule has 0 aromatic heterocycles. The third-order valence-electron chi connectivity index (χ3n) is 5.19. The largest absolute Gasteiger partial charge is 0.545 e. The number of hydrogen-bond donors (Lipinski definition) is 0. The molecule has 3 aliphatic carbocycles. The molecule has 5 rings (SSSR count). The lowest BCUT2D eigenvalue weighted by Gasteiger charge is -2.38. The van der Waals surface area contributed by atoms with Crippen LogP contribution in [0.1, 0.15) is 23.2 Å². The van der Waals surface area contributed by atoms with Gasteiger partial charge in [-0.3, -0.25) is 9.59 Å². The van der Waals surface area contributed by atoms with Gasteiger partial charge in [0.2, 0.25) is 11.8 Å². The van der Waals surface area contributed by atoms with Crippen LogP contribution in [0.25, 0.3) is 0 Å². The Balaban J connectivity index is 1.76. The number of imide groups is 1. The monoisotopic (exact) mass is 330 g/mol. The highest BCUT2D eigenvalue weighted by atomic mass is 35.5. The first kappa shape index (κ1) is 14.5. The van der Waals surface area contributed by atoms with Gasteiger partial charge < -0.3 is 9.90 Å². The van der Waals surface area contributed by atoms with Crippen LogP contribution in [0.3, 0.4) is 0 Å². The summed E-state index contributed by atoms with van der Waals surface area (Å²) < 4.78 is 0. The van der Waals surface area contributed by atoms with Crippen molar-refractivity contribution in [2.45, 2.75) is 12.8 Å². The smallest absolute Gasteiger partial charge is 0.238 e. The molecule has 1 saturated heterocycles. The SMILES string of the molecule is O=C([O-])c1cc(N2C(=O)[C@H]3[C@H](C2=O)[C@H]2C=C[C@@H]3CC2)ccc1Cl. The van der Waals surface area contributed by atoms with Gasteiger partial charge in [0.25, 0.3) is 0 Å². The Morgan fingerprint density at radius 1 is 1.09 bits per heavy atom. The van der Waals surface area contributed by atoms with Crippen molar-refractivity contribution < 1.29 is 19.5 Å². The molecular weight excluding hydrogens is 318 g/mol. The van der Waals surface area contributed by atoms with E-state index in [0.717, 1.165) is 17.7 Å². The third kappa shape index (κ3) is 1.96. The van der Waals surface area contributed by atoms with E-state index in [-0.39, 0.29) is 51.8 Å². The lowest BCUT2D eigenvalue weighted by atomic mass is 9.63. The molecule has 1 heterocycles. The zero-order chi connectivity index (χ0) is 16.3. The van der Waals surface area contributed by atoms with Crippen molar-refractivity contribution in [3.8, 4) is 0 Å². The van der Waals surface area contributed by atoms with Crippen LogP contribution in [0.4, 0.5) is 5.69 Å². The summed E-state index contributed by atoms with van der Waals surface area (Å²) in [6, 6.07) is 4.11. The van der Waals surface area contributed by atoms with Gasteiger partial charge in [-0.2, -0.15) is 0 Å². The molecule has 2 fully saturated rings. The highest BCUT2D eigenvalue weighted by Gasteiger charge is 2.56. The van der Waals surface area contributed by atoms with Crippen molar-refractivity contribution in [2.75, 3.05) is 4.90 Å². The zero-order valence-corrected chi connectivity index (χ0v) is 12.8. The summed E-state index contributed by atoms with van der Waals surface area (Å²) in [5.74, 6) is -2.38. The van der Waals surface area contributed by atoms with Gasteiger partial charge in [0, 0.05) is 10.6 Å². The quantitative estimate of drug-likeness (QED) is 0.606. The fourth-order valence-corrected chi connectivity index (χ4v) is 4.33. The van der Waals surface area contributed by atoms with Gasteiger partial charge in [-0.25, -0.2) is 4.90 Å². The minimum atomic E-state index is -1.44. The van der Waals surface area contributed by atoms with E-state index >= 15 is 0 Å².